The number of ether oxygens (including phenoxy) is 1. The van der Waals surface area contributed by atoms with Gasteiger partial charge in [0.25, 0.3) is 5.91 Å². The van der Waals surface area contributed by atoms with Crippen molar-refractivity contribution in [2.75, 3.05) is 13.2 Å². The van der Waals surface area contributed by atoms with Gasteiger partial charge < -0.3 is 15.2 Å². The van der Waals surface area contributed by atoms with Crippen LogP contribution in [-0.2, 0) is 15.0 Å². The van der Waals surface area contributed by atoms with Crippen molar-refractivity contribution in [3.63, 3.8) is 0 Å². The molecule has 0 bridgehead atoms. The van der Waals surface area contributed by atoms with E-state index >= 15 is 0 Å². The third kappa shape index (κ3) is 5.85. The van der Waals surface area contributed by atoms with E-state index in [0.29, 0.717) is 5.75 Å². The molecule has 0 aromatic heterocycles. The van der Waals surface area contributed by atoms with Crippen molar-refractivity contribution in [1.82, 2.24) is 5.32 Å². The molecule has 1 rings (SSSR count). The molecule has 1 aromatic rings. The Morgan fingerprint density at radius 1 is 1.24 bits per heavy atom. The van der Waals surface area contributed by atoms with Gasteiger partial charge in [-0.2, -0.15) is 0 Å². The van der Waals surface area contributed by atoms with Gasteiger partial charge in [0.1, 0.15) is 5.75 Å². The minimum absolute atomic E-state index is 0.0723. The third-order valence-electron chi connectivity index (χ3n) is 3.12. The number of carbonyl (C=O) groups is 2. The lowest BCUT2D eigenvalue weighted by molar-refractivity contribution is -0.141. The van der Waals surface area contributed by atoms with Crippen LogP contribution in [0.2, 0.25) is 0 Å². The van der Waals surface area contributed by atoms with Crippen molar-refractivity contribution in [2.45, 2.75) is 33.1 Å². The van der Waals surface area contributed by atoms with Gasteiger partial charge in [0.15, 0.2) is 6.61 Å². The number of benzene rings is 1. The van der Waals surface area contributed by atoms with Gasteiger partial charge >= 0.3 is 5.97 Å². The highest BCUT2D eigenvalue weighted by Gasteiger charge is 2.14. The van der Waals surface area contributed by atoms with E-state index in [1.54, 1.807) is 0 Å². The van der Waals surface area contributed by atoms with Crippen LogP contribution in [0.3, 0.4) is 0 Å². The Hall–Kier alpha value is -2.04. The Morgan fingerprint density at radius 3 is 2.29 bits per heavy atom. The maximum absolute atomic E-state index is 11.5. The Balaban J connectivity index is 2.41. The van der Waals surface area contributed by atoms with Crippen LogP contribution in [0.4, 0.5) is 0 Å². The van der Waals surface area contributed by atoms with Gasteiger partial charge in [0.2, 0.25) is 0 Å². The Labute approximate surface area is 125 Å². The molecule has 21 heavy (non-hydrogen) atoms. The van der Waals surface area contributed by atoms with E-state index in [2.05, 4.69) is 26.1 Å². The SMILES string of the molecule is CC(CNC(=O)COc1ccc(C(C)(C)C)cc1)C(=O)O. The number of rotatable bonds is 6. The molecule has 2 N–H and O–H groups in total. The molecule has 0 aliphatic rings. The molecule has 0 fully saturated rings. The minimum Gasteiger partial charge on any atom is -0.484 e. The number of carboxylic acid groups (broad SMARTS) is 1. The number of nitrogens with one attached hydrogen (secondary N) is 1. The van der Waals surface area contributed by atoms with Gasteiger partial charge in [-0.15, -0.1) is 0 Å². The number of hydrogen-bond donors (Lipinski definition) is 2. The third-order valence-corrected chi connectivity index (χ3v) is 3.12. The molecule has 1 atom stereocenters. The minimum atomic E-state index is -0.936. The van der Waals surface area contributed by atoms with Crippen LogP contribution in [-0.4, -0.2) is 30.1 Å². The fraction of sp³-hybridized carbons (Fsp3) is 0.500. The van der Waals surface area contributed by atoms with Crippen LogP contribution < -0.4 is 10.1 Å². The van der Waals surface area contributed by atoms with E-state index in [1.165, 1.54) is 12.5 Å². The molecule has 5 heteroatoms. The second-order valence-corrected chi connectivity index (χ2v) is 6.11. The van der Waals surface area contributed by atoms with Crippen LogP contribution in [0, 0.1) is 5.92 Å². The summed E-state index contributed by atoms with van der Waals surface area (Å²) in [6.45, 7) is 7.89. The highest BCUT2D eigenvalue weighted by Crippen LogP contribution is 2.24. The van der Waals surface area contributed by atoms with E-state index in [9.17, 15) is 9.59 Å². The van der Waals surface area contributed by atoms with Crippen molar-refractivity contribution >= 4 is 11.9 Å². The molecular weight excluding hydrogens is 270 g/mol. The monoisotopic (exact) mass is 293 g/mol. The lowest BCUT2D eigenvalue weighted by Gasteiger charge is -2.19. The zero-order valence-electron chi connectivity index (χ0n) is 13.0. The summed E-state index contributed by atoms with van der Waals surface area (Å²) in [6, 6.07) is 7.60. The Morgan fingerprint density at radius 2 is 1.81 bits per heavy atom. The largest absolute Gasteiger partial charge is 0.484 e. The Kier molecular flexibility index (Phi) is 5.76. The van der Waals surface area contributed by atoms with Crippen molar-refractivity contribution in [3.05, 3.63) is 29.8 Å². The zero-order chi connectivity index (χ0) is 16.0. The summed E-state index contributed by atoms with van der Waals surface area (Å²) in [5.41, 5.74) is 1.26. The number of hydrogen-bond acceptors (Lipinski definition) is 3. The maximum Gasteiger partial charge on any atom is 0.308 e. The average molecular weight is 293 g/mol. The number of aliphatic carboxylic acids is 1. The first-order valence-electron chi connectivity index (χ1n) is 6.93. The first-order chi connectivity index (χ1) is 9.70. The molecule has 0 radical (unpaired) electrons. The van der Waals surface area contributed by atoms with Crippen LogP contribution in [0.1, 0.15) is 33.3 Å². The topological polar surface area (TPSA) is 75.6 Å². The van der Waals surface area contributed by atoms with Crippen LogP contribution in [0.5, 0.6) is 5.75 Å². The van der Waals surface area contributed by atoms with Crippen LogP contribution >= 0.6 is 0 Å². The molecule has 0 spiro atoms. The van der Waals surface area contributed by atoms with Crippen LogP contribution in [0.15, 0.2) is 24.3 Å². The fourth-order valence-corrected chi connectivity index (χ4v) is 1.61. The van der Waals surface area contributed by atoms with E-state index in [1.807, 2.05) is 24.3 Å². The molecule has 0 heterocycles. The lowest BCUT2D eigenvalue weighted by Crippen LogP contribution is -2.34. The van der Waals surface area contributed by atoms with Gasteiger partial charge in [-0.3, -0.25) is 9.59 Å². The zero-order valence-corrected chi connectivity index (χ0v) is 13.0. The summed E-state index contributed by atoms with van der Waals surface area (Å²) in [7, 11) is 0. The van der Waals surface area contributed by atoms with Crippen molar-refractivity contribution in [3.8, 4) is 5.75 Å². The summed E-state index contributed by atoms with van der Waals surface area (Å²) in [4.78, 5) is 22.2. The molecule has 0 aliphatic heterocycles. The summed E-state index contributed by atoms with van der Waals surface area (Å²) in [5, 5.41) is 11.2. The van der Waals surface area contributed by atoms with Crippen LogP contribution in [0.25, 0.3) is 0 Å². The first-order valence-corrected chi connectivity index (χ1v) is 6.93. The predicted molar refractivity (Wildman–Crippen MR) is 80.4 cm³/mol. The smallest absolute Gasteiger partial charge is 0.308 e. The molecule has 1 unspecified atom stereocenters. The molecule has 1 aromatic carbocycles. The second-order valence-electron chi connectivity index (χ2n) is 6.11. The standard InChI is InChI=1S/C16H23NO4/c1-11(15(19)20)9-17-14(18)10-21-13-7-5-12(6-8-13)16(2,3)4/h5-8,11H,9-10H2,1-4H3,(H,17,18)(H,19,20). The summed E-state index contributed by atoms with van der Waals surface area (Å²) in [6.07, 6.45) is 0. The predicted octanol–water partition coefficient (Wildman–Crippen LogP) is 2.20. The van der Waals surface area contributed by atoms with E-state index < -0.39 is 11.9 Å². The molecule has 5 nitrogen and oxygen atoms in total. The molecular formula is C16H23NO4. The molecule has 0 saturated heterocycles. The van der Waals surface area contributed by atoms with E-state index in [4.69, 9.17) is 9.84 Å². The summed E-state index contributed by atoms with van der Waals surface area (Å²) >= 11 is 0. The van der Waals surface area contributed by atoms with E-state index in [-0.39, 0.29) is 24.5 Å². The Bertz CT molecular complexity index is 488. The second kappa shape index (κ2) is 7.11. The fourth-order valence-electron chi connectivity index (χ4n) is 1.61. The summed E-state index contributed by atoms with van der Waals surface area (Å²) < 4.78 is 5.37. The summed E-state index contributed by atoms with van der Waals surface area (Å²) in [5.74, 6) is -1.26. The maximum atomic E-state index is 11.5. The van der Waals surface area contributed by atoms with Gasteiger partial charge in [0.05, 0.1) is 5.92 Å². The number of amides is 1. The first kappa shape index (κ1) is 17.0. The van der Waals surface area contributed by atoms with Gasteiger partial charge in [0, 0.05) is 6.54 Å². The van der Waals surface area contributed by atoms with Crippen molar-refractivity contribution in [1.29, 1.82) is 0 Å². The number of carboxylic acids is 1. The lowest BCUT2D eigenvalue weighted by atomic mass is 9.87. The van der Waals surface area contributed by atoms with E-state index in [0.717, 1.165) is 0 Å². The van der Waals surface area contributed by atoms with Crippen molar-refractivity contribution in [2.24, 2.45) is 5.92 Å². The van der Waals surface area contributed by atoms with Gasteiger partial charge in [-0.25, -0.2) is 0 Å². The highest BCUT2D eigenvalue weighted by molar-refractivity contribution is 5.78. The normalized spacial score (nSPS) is 12.6. The van der Waals surface area contributed by atoms with Crippen molar-refractivity contribution < 1.29 is 19.4 Å². The average Bonchev–Trinajstić information content (AvgIpc) is 2.41. The molecule has 116 valence electrons. The van der Waals surface area contributed by atoms with Gasteiger partial charge in [-0.05, 0) is 23.1 Å². The van der Waals surface area contributed by atoms with Gasteiger partial charge in [-0.1, -0.05) is 39.8 Å². The molecule has 1 amide bonds. The highest BCUT2D eigenvalue weighted by atomic mass is 16.5. The molecule has 0 aliphatic carbocycles. The quantitative estimate of drug-likeness (QED) is 0.843. The number of carbonyl (C=O) groups excluding carboxylic acids is 1. The molecule has 0 saturated carbocycles.